The molecule has 1 heterocycles. The number of nitrogens with zero attached hydrogens (tertiary/aromatic N) is 4. The molecule has 0 aromatic heterocycles. The van der Waals surface area contributed by atoms with Crippen LogP contribution in [0.15, 0.2) is 46.6 Å². The molecule has 0 N–H and O–H groups in total. The Hall–Kier alpha value is -1.46. The van der Waals surface area contributed by atoms with Crippen molar-refractivity contribution in [3.8, 4) is 0 Å². The van der Waals surface area contributed by atoms with Gasteiger partial charge in [0.05, 0.1) is 58.7 Å². The summed E-state index contributed by atoms with van der Waals surface area (Å²) in [6, 6.07) is 10.9. The highest BCUT2D eigenvalue weighted by Gasteiger charge is 2.13. The SMILES string of the molecule is Clc1ccc(/C=N\N2CCN(/N=C\c3ccc(Cl)c(Cl)c3)CC2)cc1Cl. The first-order chi connectivity index (χ1) is 12.5. The molecule has 1 saturated heterocycles. The molecule has 0 atom stereocenters. The van der Waals surface area contributed by atoms with E-state index in [1.54, 1.807) is 36.7 Å². The van der Waals surface area contributed by atoms with Gasteiger partial charge in [0, 0.05) is 0 Å². The van der Waals surface area contributed by atoms with Crippen molar-refractivity contribution in [3.63, 3.8) is 0 Å². The van der Waals surface area contributed by atoms with Crippen molar-refractivity contribution in [2.24, 2.45) is 10.2 Å². The van der Waals surface area contributed by atoms with Crippen LogP contribution in [0.5, 0.6) is 0 Å². The first kappa shape index (κ1) is 19.3. The van der Waals surface area contributed by atoms with E-state index in [9.17, 15) is 0 Å². The summed E-state index contributed by atoms with van der Waals surface area (Å²) in [7, 11) is 0. The molecular weight excluding hydrogens is 414 g/mol. The van der Waals surface area contributed by atoms with Gasteiger partial charge in [0.15, 0.2) is 0 Å². The molecule has 0 bridgehead atoms. The number of halogens is 4. The van der Waals surface area contributed by atoms with Crippen LogP contribution >= 0.6 is 46.4 Å². The van der Waals surface area contributed by atoms with Crippen LogP contribution in [0.25, 0.3) is 0 Å². The van der Waals surface area contributed by atoms with Crippen molar-refractivity contribution in [2.45, 2.75) is 0 Å². The van der Waals surface area contributed by atoms with Gasteiger partial charge < -0.3 is 0 Å². The Morgan fingerprint density at radius 2 is 1.00 bits per heavy atom. The van der Waals surface area contributed by atoms with Crippen LogP contribution in [0.2, 0.25) is 20.1 Å². The highest BCUT2D eigenvalue weighted by atomic mass is 35.5. The summed E-state index contributed by atoms with van der Waals surface area (Å²) in [6.07, 6.45) is 3.58. The molecular formula is C18H16Cl4N4. The van der Waals surface area contributed by atoms with Crippen molar-refractivity contribution in [1.29, 1.82) is 0 Å². The fourth-order valence-corrected chi connectivity index (χ4v) is 3.01. The predicted octanol–water partition coefficient (Wildman–Crippen LogP) is 5.29. The average molecular weight is 430 g/mol. The number of hydrogen-bond acceptors (Lipinski definition) is 4. The molecule has 1 fully saturated rings. The van der Waals surface area contributed by atoms with Crippen LogP contribution in [0.1, 0.15) is 11.1 Å². The van der Waals surface area contributed by atoms with Crippen molar-refractivity contribution >= 4 is 58.8 Å². The van der Waals surface area contributed by atoms with Gasteiger partial charge in [-0.1, -0.05) is 58.5 Å². The Morgan fingerprint density at radius 1 is 0.615 bits per heavy atom. The van der Waals surface area contributed by atoms with Gasteiger partial charge in [0.2, 0.25) is 0 Å². The third-order valence-corrected chi connectivity index (χ3v) is 5.34. The lowest BCUT2D eigenvalue weighted by atomic mass is 10.2. The number of hydrazone groups is 2. The maximum Gasteiger partial charge on any atom is 0.0598 e. The monoisotopic (exact) mass is 428 g/mol. The molecule has 0 aliphatic carbocycles. The average Bonchev–Trinajstić information content (AvgIpc) is 2.64. The summed E-state index contributed by atoms with van der Waals surface area (Å²) >= 11 is 23.9. The van der Waals surface area contributed by atoms with E-state index in [4.69, 9.17) is 46.4 Å². The van der Waals surface area contributed by atoms with E-state index >= 15 is 0 Å². The summed E-state index contributed by atoms with van der Waals surface area (Å²) in [4.78, 5) is 0. The van der Waals surface area contributed by atoms with Crippen LogP contribution in [0.4, 0.5) is 0 Å². The van der Waals surface area contributed by atoms with E-state index in [1.165, 1.54) is 0 Å². The van der Waals surface area contributed by atoms with Gasteiger partial charge in [-0.25, -0.2) is 0 Å². The molecule has 136 valence electrons. The lowest BCUT2D eigenvalue weighted by Gasteiger charge is -2.31. The molecule has 0 spiro atoms. The van der Waals surface area contributed by atoms with E-state index in [0.29, 0.717) is 20.1 Å². The van der Waals surface area contributed by atoms with Crippen molar-refractivity contribution < 1.29 is 0 Å². The highest BCUT2D eigenvalue weighted by molar-refractivity contribution is 6.42. The minimum Gasteiger partial charge on any atom is -0.293 e. The molecule has 0 amide bonds. The largest absolute Gasteiger partial charge is 0.293 e. The Kier molecular flexibility index (Phi) is 6.65. The third kappa shape index (κ3) is 5.27. The van der Waals surface area contributed by atoms with Crippen molar-refractivity contribution in [2.75, 3.05) is 26.2 Å². The molecule has 2 aromatic carbocycles. The van der Waals surface area contributed by atoms with E-state index in [0.717, 1.165) is 37.3 Å². The molecule has 0 unspecified atom stereocenters. The number of hydrogen-bond donors (Lipinski definition) is 0. The van der Waals surface area contributed by atoms with E-state index in [2.05, 4.69) is 10.2 Å². The zero-order valence-electron chi connectivity index (χ0n) is 13.7. The molecule has 1 aliphatic heterocycles. The molecule has 8 heteroatoms. The summed E-state index contributed by atoms with van der Waals surface area (Å²) < 4.78 is 0. The summed E-state index contributed by atoms with van der Waals surface area (Å²) in [6.45, 7) is 3.15. The van der Waals surface area contributed by atoms with Crippen molar-refractivity contribution in [3.05, 3.63) is 67.6 Å². The van der Waals surface area contributed by atoms with E-state index < -0.39 is 0 Å². The van der Waals surface area contributed by atoms with Crippen LogP contribution < -0.4 is 0 Å². The second kappa shape index (κ2) is 8.96. The number of piperazine rings is 1. The fraction of sp³-hybridized carbons (Fsp3) is 0.222. The first-order valence-corrected chi connectivity index (χ1v) is 9.50. The van der Waals surface area contributed by atoms with Gasteiger partial charge in [0.1, 0.15) is 0 Å². The van der Waals surface area contributed by atoms with E-state index in [-0.39, 0.29) is 0 Å². The van der Waals surface area contributed by atoms with Gasteiger partial charge in [-0.3, -0.25) is 10.0 Å². The molecule has 0 radical (unpaired) electrons. The zero-order valence-corrected chi connectivity index (χ0v) is 16.8. The van der Waals surface area contributed by atoms with E-state index in [1.807, 2.05) is 22.2 Å². The van der Waals surface area contributed by atoms with Gasteiger partial charge in [0.25, 0.3) is 0 Å². The Labute approximate surface area is 172 Å². The molecule has 3 rings (SSSR count). The van der Waals surface area contributed by atoms with Gasteiger partial charge in [-0.05, 0) is 35.4 Å². The van der Waals surface area contributed by atoms with Crippen molar-refractivity contribution in [1.82, 2.24) is 10.0 Å². The summed E-state index contributed by atoms with van der Waals surface area (Å²) in [5, 5.41) is 15.1. The molecule has 0 saturated carbocycles. The maximum atomic E-state index is 6.01. The predicted molar refractivity (Wildman–Crippen MR) is 111 cm³/mol. The molecule has 2 aromatic rings. The highest BCUT2D eigenvalue weighted by Crippen LogP contribution is 2.22. The Morgan fingerprint density at radius 3 is 1.35 bits per heavy atom. The summed E-state index contributed by atoms with van der Waals surface area (Å²) in [5.74, 6) is 0. The fourth-order valence-electron chi connectivity index (χ4n) is 2.40. The zero-order chi connectivity index (χ0) is 18.5. The molecule has 4 nitrogen and oxygen atoms in total. The lowest BCUT2D eigenvalue weighted by molar-refractivity contribution is 0.141. The van der Waals surface area contributed by atoms with Gasteiger partial charge in [-0.2, -0.15) is 10.2 Å². The second-order valence-corrected chi connectivity index (χ2v) is 7.37. The second-order valence-electron chi connectivity index (χ2n) is 5.74. The minimum atomic E-state index is 0.525. The molecule has 1 aliphatic rings. The quantitative estimate of drug-likeness (QED) is 0.618. The molecule has 26 heavy (non-hydrogen) atoms. The first-order valence-electron chi connectivity index (χ1n) is 7.99. The number of rotatable bonds is 4. The van der Waals surface area contributed by atoms with Crippen LogP contribution in [0, 0.1) is 0 Å². The minimum absolute atomic E-state index is 0.525. The third-order valence-electron chi connectivity index (χ3n) is 3.86. The Balaban J connectivity index is 1.52. The smallest absolute Gasteiger partial charge is 0.0598 e. The number of benzene rings is 2. The maximum absolute atomic E-state index is 6.01. The van der Waals surface area contributed by atoms with Crippen LogP contribution in [0.3, 0.4) is 0 Å². The Bertz CT molecular complexity index is 760. The van der Waals surface area contributed by atoms with Gasteiger partial charge >= 0.3 is 0 Å². The van der Waals surface area contributed by atoms with Crippen LogP contribution in [-0.4, -0.2) is 48.6 Å². The normalized spacial score (nSPS) is 15.4. The standard InChI is InChI=1S/C18H16Cl4N4/c19-15-3-1-13(9-17(15)21)11-23-25-5-7-26(8-6-25)24-12-14-2-4-16(20)18(22)10-14/h1-4,9-12H,5-8H2/b23-11-,24-12-. The van der Waals surface area contributed by atoms with Gasteiger partial charge in [-0.15, -0.1) is 0 Å². The van der Waals surface area contributed by atoms with Crippen LogP contribution in [-0.2, 0) is 0 Å². The summed E-state index contributed by atoms with van der Waals surface area (Å²) in [5.41, 5.74) is 1.83. The lowest BCUT2D eigenvalue weighted by Crippen LogP contribution is -2.41. The topological polar surface area (TPSA) is 31.2 Å².